The highest BCUT2D eigenvalue weighted by atomic mass is 35.5. The van der Waals surface area contributed by atoms with Crippen LogP contribution in [0.5, 0.6) is 0 Å². The van der Waals surface area contributed by atoms with E-state index in [2.05, 4.69) is 17.6 Å². The van der Waals surface area contributed by atoms with E-state index in [0.717, 1.165) is 10.9 Å². The lowest BCUT2D eigenvalue weighted by Crippen LogP contribution is -2.27. The topological polar surface area (TPSA) is 35.8 Å². The Morgan fingerprint density at radius 2 is 2.06 bits per heavy atom. The van der Waals surface area contributed by atoms with Gasteiger partial charge in [-0.2, -0.15) is 17.0 Å². The van der Waals surface area contributed by atoms with Gasteiger partial charge in [-0.15, -0.1) is 0 Å². The zero-order valence-corrected chi connectivity index (χ0v) is 12.0. The second-order valence-electron chi connectivity index (χ2n) is 4.66. The summed E-state index contributed by atoms with van der Waals surface area (Å²) in [4.78, 5) is 0. The molecule has 18 heavy (non-hydrogen) atoms. The summed E-state index contributed by atoms with van der Waals surface area (Å²) in [6.07, 6.45) is 7.03. The molecule has 2 nitrogen and oxygen atoms in total. The molecule has 0 saturated heterocycles. The van der Waals surface area contributed by atoms with E-state index < -0.39 is 0 Å². The van der Waals surface area contributed by atoms with Crippen LogP contribution < -0.4 is 5.32 Å². The first kappa shape index (κ1) is 13.6. The molecule has 1 aliphatic carbocycles. The summed E-state index contributed by atoms with van der Waals surface area (Å²) in [5.41, 5.74) is 1.55. The Morgan fingerprint density at radius 3 is 2.67 bits per heavy atom. The second-order valence-corrected chi connectivity index (χ2v) is 6.23. The van der Waals surface area contributed by atoms with Gasteiger partial charge in [-0.05, 0) is 50.1 Å². The molecule has 0 amide bonds. The van der Waals surface area contributed by atoms with Gasteiger partial charge in [-0.3, -0.25) is 0 Å². The van der Waals surface area contributed by atoms with Crippen molar-refractivity contribution in [3.63, 3.8) is 0 Å². The smallest absolute Gasteiger partial charge is 0.101 e. The Labute approximate surface area is 118 Å². The van der Waals surface area contributed by atoms with Crippen LogP contribution in [0.3, 0.4) is 0 Å². The summed E-state index contributed by atoms with van der Waals surface area (Å²) in [6, 6.07) is 8.06. The highest BCUT2D eigenvalue weighted by Gasteiger charge is 2.20. The van der Waals surface area contributed by atoms with Gasteiger partial charge in [0.25, 0.3) is 0 Å². The number of thioether (sulfide) groups is 1. The molecule has 0 heterocycles. The lowest BCUT2D eigenvalue weighted by atomic mass is 9.94. The summed E-state index contributed by atoms with van der Waals surface area (Å²) >= 11 is 7.95. The second kappa shape index (κ2) is 6.36. The molecule has 96 valence electrons. The van der Waals surface area contributed by atoms with Gasteiger partial charge in [0.2, 0.25) is 0 Å². The molecule has 1 aromatic carbocycles. The maximum atomic E-state index is 9.08. The fourth-order valence-corrected chi connectivity index (χ4v) is 3.31. The van der Waals surface area contributed by atoms with Crippen LogP contribution in [0.2, 0.25) is 5.02 Å². The maximum absolute atomic E-state index is 9.08. The van der Waals surface area contributed by atoms with Crippen LogP contribution in [0.15, 0.2) is 18.2 Å². The fourth-order valence-electron chi connectivity index (χ4n) is 2.40. The maximum Gasteiger partial charge on any atom is 0.101 e. The van der Waals surface area contributed by atoms with Crippen LogP contribution >= 0.6 is 23.4 Å². The first-order valence-corrected chi connectivity index (χ1v) is 7.88. The number of anilines is 1. The summed E-state index contributed by atoms with van der Waals surface area (Å²) < 4.78 is 0. The Balaban J connectivity index is 2.02. The van der Waals surface area contributed by atoms with Crippen LogP contribution in [0.4, 0.5) is 5.69 Å². The number of nitrogens with zero attached hydrogens (tertiary/aromatic N) is 1. The Bertz CT molecular complexity index is 448. The largest absolute Gasteiger partial charge is 0.381 e. The van der Waals surface area contributed by atoms with Crippen LogP contribution in [0.1, 0.15) is 31.2 Å². The SMILES string of the molecule is CSC1CCC(Nc2cc(Cl)ccc2C#N)CC1. The normalized spacial score (nSPS) is 23.4. The number of halogens is 1. The van der Waals surface area contributed by atoms with Gasteiger partial charge in [-0.1, -0.05) is 11.6 Å². The zero-order valence-electron chi connectivity index (χ0n) is 10.4. The molecule has 1 fully saturated rings. The predicted molar refractivity (Wildman–Crippen MR) is 79.3 cm³/mol. The van der Waals surface area contributed by atoms with E-state index in [4.69, 9.17) is 16.9 Å². The molecular weight excluding hydrogens is 264 g/mol. The number of nitriles is 1. The van der Waals surface area contributed by atoms with Crippen LogP contribution in [-0.2, 0) is 0 Å². The number of hydrogen-bond donors (Lipinski definition) is 1. The fraction of sp³-hybridized carbons (Fsp3) is 0.500. The Kier molecular flexibility index (Phi) is 4.79. The number of hydrogen-bond acceptors (Lipinski definition) is 3. The number of nitrogens with one attached hydrogen (secondary N) is 1. The highest BCUT2D eigenvalue weighted by molar-refractivity contribution is 7.99. The summed E-state index contributed by atoms with van der Waals surface area (Å²) in [6.45, 7) is 0. The molecule has 1 aromatic rings. The lowest BCUT2D eigenvalue weighted by molar-refractivity contribution is 0.473. The van der Waals surface area contributed by atoms with Gasteiger partial charge in [-0.25, -0.2) is 0 Å². The van der Waals surface area contributed by atoms with E-state index in [0.29, 0.717) is 16.6 Å². The van der Waals surface area contributed by atoms with Crippen molar-refractivity contribution >= 4 is 29.1 Å². The van der Waals surface area contributed by atoms with E-state index in [1.165, 1.54) is 25.7 Å². The standard InChI is InChI=1S/C14H17ClN2S/c1-18-13-6-4-12(5-7-13)17-14-8-11(15)3-2-10(14)9-16/h2-3,8,12-13,17H,4-7H2,1H3. The third-order valence-corrected chi connectivity index (χ3v) is 4.84. The molecule has 1 aliphatic rings. The molecule has 4 heteroatoms. The first-order valence-electron chi connectivity index (χ1n) is 6.22. The number of benzene rings is 1. The molecule has 1 saturated carbocycles. The van der Waals surface area contributed by atoms with Crippen molar-refractivity contribution in [2.75, 3.05) is 11.6 Å². The molecule has 0 bridgehead atoms. The van der Waals surface area contributed by atoms with Crippen molar-refractivity contribution in [3.05, 3.63) is 28.8 Å². The third kappa shape index (κ3) is 3.34. The highest BCUT2D eigenvalue weighted by Crippen LogP contribution is 2.30. The van der Waals surface area contributed by atoms with Crippen molar-refractivity contribution < 1.29 is 0 Å². The van der Waals surface area contributed by atoms with Gasteiger partial charge < -0.3 is 5.32 Å². The van der Waals surface area contributed by atoms with Crippen molar-refractivity contribution in [1.29, 1.82) is 5.26 Å². The van der Waals surface area contributed by atoms with Crippen LogP contribution in [0, 0.1) is 11.3 Å². The first-order chi connectivity index (χ1) is 8.72. The number of rotatable bonds is 3. The average Bonchev–Trinajstić information content (AvgIpc) is 2.40. The van der Waals surface area contributed by atoms with Crippen LogP contribution in [-0.4, -0.2) is 17.5 Å². The Hall–Kier alpha value is -0.850. The summed E-state index contributed by atoms with van der Waals surface area (Å²) in [5.74, 6) is 0. The molecule has 0 radical (unpaired) electrons. The molecule has 0 aromatic heterocycles. The quantitative estimate of drug-likeness (QED) is 0.897. The van der Waals surface area contributed by atoms with Gasteiger partial charge in [0.05, 0.1) is 11.3 Å². The van der Waals surface area contributed by atoms with Gasteiger partial charge >= 0.3 is 0 Å². The average molecular weight is 281 g/mol. The van der Waals surface area contributed by atoms with Crippen molar-refractivity contribution in [2.24, 2.45) is 0 Å². The summed E-state index contributed by atoms with van der Waals surface area (Å²) in [7, 11) is 0. The predicted octanol–water partition coefficient (Wildman–Crippen LogP) is 4.30. The molecular formula is C14H17ClN2S. The Morgan fingerprint density at radius 1 is 1.33 bits per heavy atom. The van der Waals surface area contributed by atoms with E-state index >= 15 is 0 Å². The van der Waals surface area contributed by atoms with E-state index in [1.807, 2.05) is 17.8 Å². The van der Waals surface area contributed by atoms with Crippen molar-refractivity contribution in [1.82, 2.24) is 0 Å². The molecule has 0 atom stereocenters. The van der Waals surface area contributed by atoms with Crippen molar-refractivity contribution in [2.45, 2.75) is 37.0 Å². The minimum atomic E-state index is 0.471. The monoisotopic (exact) mass is 280 g/mol. The molecule has 0 spiro atoms. The van der Waals surface area contributed by atoms with Gasteiger partial charge in [0.1, 0.15) is 6.07 Å². The molecule has 0 aliphatic heterocycles. The van der Waals surface area contributed by atoms with Crippen LogP contribution in [0.25, 0.3) is 0 Å². The molecule has 0 unspecified atom stereocenters. The molecule has 2 rings (SSSR count). The molecule has 1 N–H and O–H groups in total. The van der Waals surface area contributed by atoms with E-state index in [1.54, 1.807) is 12.1 Å². The third-order valence-electron chi connectivity index (χ3n) is 3.47. The summed E-state index contributed by atoms with van der Waals surface area (Å²) in [5, 5.41) is 14.0. The van der Waals surface area contributed by atoms with Gasteiger partial charge in [0, 0.05) is 16.3 Å². The van der Waals surface area contributed by atoms with Gasteiger partial charge in [0.15, 0.2) is 0 Å². The van der Waals surface area contributed by atoms with E-state index in [-0.39, 0.29) is 0 Å². The minimum Gasteiger partial charge on any atom is -0.381 e. The van der Waals surface area contributed by atoms with Crippen molar-refractivity contribution in [3.8, 4) is 6.07 Å². The minimum absolute atomic E-state index is 0.471. The van der Waals surface area contributed by atoms with E-state index in [9.17, 15) is 0 Å². The lowest BCUT2D eigenvalue weighted by Gasteiger charge is -2.29. The zero-order chi connectivity index (χ0) is 13.0.